The summed E-state index contributed by atoms with van der Waals surface area (Å²) in [6, 6.07) is 13.8. The maximum absolute atomic E-state index is 12.9. The van der Waals surface area contributed by atoms with Gasteiger partial charge in [0, 0.05) is 28.2 Å². The summed E-state index contributed by atoms with van der Waals surface area (Å²) in [6.07, 6.45) is 1.76. The number of fused-ring (bicyclic) bond motifs is 1. The third-order valence-electron chi connectivity index (χ3n) is 4.66. The van der Waals surface area contributed by atoms with Crippen molar-refractivity contribution in [1.82, 2.24) is 15.2 Å². The molecule has 5 nitrogen and oxygen atoms in total. The summed E-state index contributed by atoms with van der Waals surface area (Å²) < 4.78 is 5.77. The van der Waals surface area contributed by atoms with Gasteiger partial charge in [-0.3, -0.25) is 4.79 Å². The number of nitrogens with one attached hydrogen (secondary N) is 1. The number of ketones is 1. The van der Waals surface area contributed by atoms with Gasteiger partial charge in [-0.1, -0.05) is 36.0 Å². The molecule has 0 unspecified atom stereocenters. The number of carbonyl (C=O) groups excluding carboxylic acids is 1. The van der Waals surface area contributed by atoms with E-state index in [1.165, 1.54) is 22.9 Å². The number of Topliss-reactive ketones (excluding diaryl/α,β-unsaturated/α-hetero) is 1. The first-order chi connectivity index (χ1) is 13.0. The molecule has 27 heavy (non-hydrogen) atoms. The number of hydrogen-bond donors (Lipinski definition) is 1. The van der Waals surface area contributed by atoms with Gasteiger partial charge in [0.25, 0.3) is 5.22 Å². The van der Waals surface area contributed by atoms with Crippen LogP contribution in [0.5, 0.6) is 0 Å². The van der Waals surface area contributed by atoms with Crippen LogP contribution < -0.4 is 0 Å². The van der Waals surface area contributed by atoms with Crippen molar-refractivity contribution in [3.05, 3.63) is 65.4 Å². The number of nitrogens with zero attached hydrogens (tertiary/aromatic N) is 2. The third-order valence-corrected chi connectivity index (χ3v) is 5.60. The molecule has 0 bridgehead atoms. The number of aryl methyl sites for hydroxylation is 2. The van der Waals surface area contributed by atoms with E-state index in [0.29, 0.717) is 16.7 Å². The number of para-hydroxylation sites is 1. The number of aromatic nitrogens is 3. The molecule has 136 valence electrons. The van der Waals surface area contributed by atoms with Crippen LogP contribution >= 0.6 is 11.8 Å². The van der Waals surface area contributed by atoms with Gasteiger partial charge in [-0.2, -0.15) is 0 Å². The van der Waals surface area contributed by atoms with Crippen molar-refractivity contribution >= 4 is 28.4 Å². The van der Waals surface area contributed by atoms with Gasteiger partial charge in [-0.05, 0) is 50.1 Å². The lowest BCUT2D eigenvalue weighted by atomic mass is 10.1. The molecule has 0 fully saturated rings. The second-order valence-electron chi connectivity index (χ2n) is 6.54. The van der Waals surface area contributed by atoms with Crippen molar-refractivity contribution in [1.29, 1.82) is 0 Å². The SMILES string of the molecule is Cc1ccc(-c2nnc(S[C@@H](C)C(=O)c3c[nH]c4ccccc34)o2)cc1C. The molecule has 0 radical (unpaired) electrons. The van der Waals surface area contributed by atoms with E-state index in [1.807, 2.05) is 56.3 Å². The maximum atomic E-state index is 12.9. The van der Waals surface area contributed by atoms with E-state index >= 15 is 0 Å². The zero-order valence-electron chi connectivity index (χ0n) is 15.3. The Kier molecular flexibility index (Phi) is 4.58. The van der Waals surface area contributed by atoms with E-state index < -0.39 is 0 Å². The Morgan fingerprint density at radius 3 is 2.74 bits per heavy atom. The first-order valence-corrected chi connectivity index (χ1v) is 9.59. The van der Waals surface area contributed by atoms with E-state index in [9.17, 15) is 4.79 Å². The van der Waals surface area contributed by atoms with Crippen LogP contribution in [0.1, 0.15) is 28.4 Å². The molecule has 1 N–H and O–H groups in total. The van der Waals surface area contributed by atoms with Crippen molar-refractivity contribution in [2.24, 2.45) is 0 Å². The van der Waals surface area contributed by atoms with E-state index in [0.717, 1.165) is 16.5 Å². The minimum atomic E-state index is -0.336. The summed E-state index contributed by atoms with van der Waals surface area (Å²) >= 11 is 1.28. The minimum absolute atomic E-state index is 0.0309. The molecule has 0 spiro atoms. The Balaban J connectivity index is 1.53. The Morgan fingerprint density at radius 1 is 1.11 bits per heavy atom. The van der Waals surface area contributed by atoms with Crippen molar-refractivity contribution < 1.29 is 9.21 Å². The quantitative estimate of drug-likeness (QED) is 0.382. The highest BCUT2D eigenvalue weighted by Gasteiger charge is 2.22. The third kappa shape index (κ3) is 3.40. The summed E-state index contributed by atoms with van der Waals surface area (Å²) in [7, 11) is 0. The molecule has 2 heterocycles. The van der Waals surface area contributed by atoms with Gasteiger partial charge in [-0.15, -0.1) is 10.2 Å². The molecule has 0 aliphatic carbocycles. The van der Waals surface area contributed by atoms with Crippen LogP contribution in [0.4, 0.5) is 0 Å². The molecular formula is C21H19N3O2S. The average molecular weight is 377 g/mol. The number of aromatic amines is 1. The van der Waals surface area contributed by atoms with Crippen LogP contribution in [0.25, 0.3) is 22.4 Å². The predicted octanol–water partition coefficient (Wildman–Crippen LogP) is 5.20. The molecule has 0 aliphatic rings. The number of hydrogen-bond acceptors (Lipinski definition) is 5. The molecule has 0 aliphatic heterocycles. The fourth-order valence-electron chi connectivity index (χ4n) is 2.95. The van der Waals surface area contributed by atoms with Gasteiger partial charge >= 0.3 is 0 Å². The highest BCUT2D eigenvalue weighted by atomic mass is 32.2. The lowest BCUT2D eigenvalue weighted by Gasteiger charge is -2.06. The van der Waals surface area contributed by atoms with Gasteiger partial charge in [0.15, 0.2) is 5.78 Å². The Bertz CT molecular complexity index is 1130. The summed E-state index contributed by atoms with van der Waals surface area (Å²) in [5, 5.41) is 9.21. The first-order valence-electron chi connectivity index (χ1n) is 8.71. The van der Waals surface area contributed by atoms with Gasteiger partial charge in [0.1, 0.15) is 0 Å². The fraction of sp³-hybridized carbons (Fsp3) is 0.190. The summed E-state index contributed by atoms with van der Waals surface area (Å²) in [4.78, 5) is 16.0. The molecule has 0 amide bonds. The Labute approximate surface area is 161 Å². The monoisotopic (exact) mass is 377 g/mol. The molecule has 6 heteroatoms. The highest BCUT2D eigenvalue weighted by molar-refractivity contribution is 8.00. The van der Waals surface area contributed by atoms with Crippen molar-refractivity contribution in [2.75, 3.05) is 0 Å². The topological polar surface area (TPSA) is 71.8 Å². The Morgan fingerprint density at radius 2 is 1.93 bits per heavy atom. The molecule has 0 saturated carbocycles. The zero-order valence-corrected chi connectivity index (χ0v) is 16.1. The molecule has 0 saturated heterocycles. The predicted molar refractivity (Wildman–Crippen MR) is 107 cm³/mol. The lowest BCUT2D eigenvalue weighted by Crippen LogP contribution is -2.13. The van der Waals surface area contributed by atoms with Gasteiger partial charge in [0.05, 0.1) is 5.25 Å². The normalized spacial score (nSPS) is 12.4. The van der Waals surface area contributed by atoms with Crippen molar-refractivity contribution in [2.45, 2.75) is 31.2 Å². The largest absolute Gasteiger partial charge is 0.411 e. The molecule has 1 atom stereocenters. The molecule has 2 aromatic carbocycles. The molecular weight excluding hydrogens is 358 g/mol. The van der Waals surface area contributed by atoms with E-state index in [1.54, 1.807) is 6.20 Å². The second kappa shape index (κ2) is 7.04. The van der Waals surface area contributed by atoms with Crippen molar-refractivity contribution in [3.63, 3.8) is 0 Å². The summed E-state index contributed by atoms with van der Waals surface area (Å²) in [5.41, 5.74) is 4.90. The maximum Gasteiger partial charge on any atom is 0.277 e. The van der Waals surface area contributed by atoms with E-state index in [-0.39, 0.29) is 11.0 Å². The summed E-state index contributed by atoms with van der Waals surface area (Å²) in [6.45, 7) is 5.97. The number of carbonyl (C=O) groups is 1. The fourth-order valence-corrected chi connectivity index (χ4v) is 3.70. The van der Waals surface area contributed by atoms with Crippen LogP contribution in [-0.4, -0.2) is 26.2 Å². The van der Waals surface area contributed by atoms with Crippen LogP contribution in [0.2, 0.25) is 0 Å². The average Bonchev–Trinajstić information content (AvgIpc) is 3.30. The van der Waals surface area contributed by atoms with Crippen LogP contribution in [0, 0.1) is 13.8 Å². The highest BCUT2D eigenvalue weighted by Crippen LogP contribution is 2.30. The van der Waals surface area contributed by atoms with Crippen LogP contribution in [0.15, 0.2) is 58.3 Å². The summed E-state index contributed by atoms with van der Waals surface area (Å²) in [5.74, 6) is 0.496. The van der Waals surface area contributed by atoms with Gasteiger partial charge < -0.3 is 9.40 Å². The number of H-pyrrole nitrogens is 1. The van der Waals surface area contributed by atoms with Gasteiger partial charge in [0.2, 0.25) is 5.89 Å². The standard InChI is InChI=1S/C21H19N3O2S/c1-12-8-9-15(10-13(12)2)20-23-24-21(26-20)27-14(3)19(25)17-11-22-18-7-5-4-6-16(17)18/h4-11,14,22H,1-3H3/t14-/m0/s1. The van der Waals surface area contributed by atoms with Crippen LogP contribution in [-0.2, 0) is 0 Å². The van der Waals surface area contributed by atoms with Gasteiger partial charge in [-0.25, -0.2) is 0 Å². The second-order valence-corrected chi connectivity index (χ2v) is 7.84. The minimum Gasteiger partial charge on any atom is -0.411 e. The smallest absolute Gasteiger partial charge is 0.277 e. The number of rotatable bonds is 5. The number of thioether (sulfide) groups is 1. The molecule has 2 aromatic heterocycles. The van der Waals surface area contributed by atoms with E-state index in [2.05, 4.69) is 22.1 Å². The Hall–Kier alpha value is -2.86. The molecule has 4 aromatic rings. The number of benzene rings is 2. The zero-order chi connectivity index (χ0) is 19.0. The van der Waals surface area contributed by atoms with E-state index in [4.69, 9.17) is 4.42 Å². The first kappa shape index (κ1) is 17.5. The van der Waals surface area contributed by atoms with Crippen molar-refractivity contribution in [3.8, 4) is 11.5 Å². The molecule has 4 rings (SSSR count). The lowest BCUT2D eigenvalue weighted by molar-refractivity contribution is 0.0995. The van der Waals surface area contributed by atoms with Crippen LogP contribution in [0.3, 0.4) is 0 Å².